The van der Waals surface area contributed by atoms with Crippen LogP contribution in [0.4, 0.5) is 14.5 Å². The van der Waals surface area contributed by atoms with Crippen molar-refractivity contribution < 1.29 is 42.8 Å². The largest absolute Gasteiger partial charge is 0.387 e. The van der Waals surface area contributed by atoms with Gasteiger partial charge in [0, 0.05) is 30.5 Å². The Morgan fingerprint density at radius 3 is 2.76 bits per heavy atom. The molecule has 3 heterocycles. The van der Waals surface area contributed by atoms with Crippen LogP contribution in [0.3, 0.4) is 0 Å². The second-order valence-corrected chi connectivity index (χ2v) is 10.3. The van der Waals surface area contributed by atoms with Gasteiger partial charge in [-0.15, -0.1) is 0 Å². The van der Waals surface area contributed by atoms with Crippen molar-refractivity contribution in [3.8, 4) is 6.07 Å². The van der Waals surface area contributed by atoms with E-state index in [1.54, 1.807) is 6.07 Å². The SMILES string of the molecule is N#Cc1c(Cl)nc2c(ccn2[C@@H]2O[C@H](COCP(=O)(O)O)[C@@H](O)[C@H]2O)c1N[C@H]1CCC(F)(F)C1. The Kier molecular flexibility index (Phi) is 6.89. The van der Waals surface area contributed by atoms with Crippen molar-refractivity contribution in [2.75, 3.05) is 18.3 Å². The third-order valence-corrected chi connectivity index (χ3v) is 6.63. The lowest BCUT2D eigenvalue weighted by atomic mass is 10.1. The van der Waals surface area contributed by atoms with Crippen LogP contribution in [0.1, 0.15) is 31.1 Å². The van der Waals surface area contributed by atoms with Crippen LogP contribution in [-0.4, -0.2) is 72.8 Å². The molecular weight excluding hydrogens is 501 g/mol. The summed E-state index contributed by atoms with van der Waals surface area (Å²) in [6.45, 7) is -0.394. The minimum absolute atomic E-state index is 0.0150. The Morgan fingerprint density at radius 2 is 2.15 bits per heavy atom. The maximum absolute atomic E-state index is 13.7. The highest BCUT2D eigenvalue weighted by Gasteiger charge is 2.45. The van der Waals surface area contributed by atoms with Gasteiger partial charge in [0.15, 0.2) is 11.4 Å². The lowest BCUT2D eigenvalue weighted by Crippen LogP contribution is -2.33. The van der Waals surface area contributed by atoms with E-state index < -0.39 is 63.5 Å². The third-order valence-electron chi connectivity index (χ3n) is 5.83. The zero-order valence-corrected chi connectivity index (χ0v) is 19.2. The number of nitriles is 1. The second-order valence-electron chi connectivity index (χ2n) is 8.38. The van der Waals surface area contributed by atoms with Crippen LogP contribution in [0.2, 0.25) is 5.15 Å². The van der Waals surface area contributed by atoms with Gasteiger partial charge in [0.25, 0.3) is 0 Å². The lowest BCUT2D eigenvalue weighted by molar-refractivity contribution is -0.0610. The topological polar surface area (TPSA) is 170 Å². The van der Waals surface area contributed by atoms with Crippen molar-refractivity contribution >= 4 is 35.9 Å². The number of aliphatic hydroxyl groups is 2. The zero-order chi connectivity index (χ0) is 24.8. The number of hydrogen-bond donors (Lipinski definition) is 5. The Bertz CT molecular complexity index is 1170. The molecule has 1 saturated carbocycles. The van der Waals surface area contributed by atoms with E-state index in [9.17, 15) is 28.8 Å². The molecule has 186 valence electrons. The summed E-state index contributed by atoms with van der Waals surface area (Å²) >= 11 is 6.21. The van der Waals surface area contributed by atoms with Gasteiger partial charge in [-0.05, 0) is 12.5 Å². The molecule has 15 heteroatoms. The summed E-state index contributed by atoms with van der Waals surface area (Å²) < 4.78 is 50.2. The highest BCUT2D eigenvalue weighted by atomic mass is 35.5. The van der Waals surface area contributed by atoms with E-state index in [0.717, 1.165) is 0 Å². The number of pyridine rings is 1. The normalized spacial score (nSPS) is 28.9. The van der Waals surface area contributed by atoms with Crippen LogP contribution in [0.25, 0.3) is 11.0 Å². The molecule has 1 aliphatic heterocycles. The lowest BCUT2D eigenvalue weighted by Gasteiger charge is -2.19. The molecule has 5 N–H and O–H groups in total. The summed E-state index contributed by atoms with van der Waals surface area (Å²) in [5.74, 6) is -2.80. The number of nitrogens with zero attached hydrogens (tertiary/aromatic N) is 3. The van der Waals surface area contributed by atoms with E-state index in [4.69, 9.17) is 30.9 Å². The highest BCUT2D eigenvalue weighted by Crippen LogP contribution is 2.41. The first kappa shape index (κ1) is 25.2. The molecule has 0 radical (unpaired) electrons. The van der Waals surface area contributed by atoms with Crippen LogP contribution in [0.15, 0.2) is 12.3 Å². The van der Waals surface area contributed by atoms with E-state index in [-0.39, 0.29) is 34.9 Å². The number of aliphatic hydroxyl groups excluding tert-OH is 2. The number of ether oxygens (including phenoxy) is 2. The fourth-order valence-corrected chi connectivity index (χ4v) is 4.82. The maximum atomic E-state index is 13.7. The summed E-state index contributed by atoms with van der Waals surface area (Å²) in [6, 6.07) is 2.90. The third kappa shape index (κ3) is 5.05. The second kappa shape index (κ2) is 9.29. The summed E-state index contributed by atoms with van der Waals surface area (Å²) in [5, 5.41) is 33.6. The summed E-state index contributed by atoms with van der Waals surface area (Å²) in [6.07, 6.45) is -5.04. The van der Waals surface area contributed by atoms with Crippen molar-refractivity contribution in [2.45, 2.75) is 55.8 Å². The zero-order valence-electron chi connectivity index (χ0n) is 17.5. The van der Waals surface area contributed by atoms with Gasteiger partial charge in [-0.3, -0.25) is 4.57 Å². The molecule has 2 aromatic rings. The Hall–Kier alpha value is -1.88. The van der Waals surface area contributed by atoms with Gasteiger partial charge in [0.2, 0.25) is 5.92 Å². The summed E-state index contributed by atoms with van der Waals surface area (Å²) in [5.41, 5.74) is 0.386. The van der Waals surface area contributed by atoms with Gasteiger partial charge < -0.3 is 39.4 Å². The molecule has 2 aliphatic rings. The van der Waals surface area contributed by atoms with Crippen molar-refractivity contribution in [3.05, 3.63) is 23.0 Å². The molecule has 11 nitrogen and oxygen atoms in total. The van der Waals surface area contributed by atoms with Crippen LogP contribution >= 0.6 is 19.2 Å². The van der Waals surface area contributed by atoms with Crippen molar-refractivity contribution in [2.24, 2.45) is 0 Å². The Labute approximate surface area is 197 Å². The molecule has 0 aromatic carbocycles. The Morgan fingerprint density at radius 1 is 1.41 bits per heavy atom. The van der Waals surface area contributed by atoms with Crippen LogP contribution < -0.4 is 5.32 Å². The maximum Gasteiger partial charge on any atom is 0.350 e. The van der Waals surface area contributed by atoms with Crippen molar-refractivity contribution in [1.29, 1.82) is 5.26 Å². The monoisotopic (exact) mass is 522 g/mol. The molecule has 2 aromatic heterocycles. The number of alkyl halides is 2. The van der Waals surface area contributed by atoms with Crippen molar-refractivity contribution in [3.63, 3.8) is 0 Å². The summed E-state index contributed by atoms with van der Waals surface area (Å²) in [7, 11) is -4.43. The molecule has 34 heavy (non-hydrogen) atoms. The molecule has 0 spiro atoms. The van der Waals surface area contributed by atoms with Gasteiger partial charge in [-0.1, -0.05) is 11.6 Å². The van der Waals surface area contributed by atoms with Crippen LogP contribution in [0, 0.1) is 11.3 Å². The highest BCUT2D eigenvalue weighted by molar-refractivity contribution is 7.51. The molecule has 2 fully saturated rings. The van der Waals surface area contributed by atoms with Crippen molar-refractivity contribution in [1.82, 2.24) is 9.55 Å². The quantitative estimate of drug-likeness (QED) is 0.267. The van der Waals surface area contributed by atoms with Crippen LogP contribution in [-0.2, 0) is 14.0 Å². The first-order valence-electron chi connectivity index (χ1n) is 10.3. The molecule has 0 amide bonds. The minimum atomic E-state index is -4.43. The van der Waals surface area contributed by atoms with E-state index in [1.165, 1.54) is 10.8 Å². The van der Waals surface area contributed by atoms with Gasteiger partial charge in [-0.2, -0.15) is 5.26 Å². The fraction of sp³-hybridized carbons (Fsp3) is 0.579. The van der Waals surface area contributed by atoms with Gasteiger partial charge in [-0.25, -0.2) is 13.8 Å². The number of rotatable bonds is 7. The molecule has 1 aliphatic carbocycles. The fourth-order valence-electron chi connectivity index (χ4n) is 4.26. The predicted molar refractivity (Wildman–Crippen MR) is 114 cm³/mol. The average Bonchev–Trinajstić information content (AvgIpc) is 3.38. The number of hydrogen-bond acceptors (Lipinski definition) is 8. The summed E-state index contributed by atoms with van der Waals surface area (Å²) in [4.78, 5) is 22.0. The van der Waals surface area contributed by atoms with E-state index in [0.29, 0.717) is 5.39 Å². The molecule has 4 rings (SSSR count). The number of fused-ring (bicyclic) bond motifs is 1. The molecule has 0 bridgehead atoms. The minimum Gasteiger partial charge on any atom is -0.387 e. The standard InChI is InChI=1S/C19H22ClF2N4O7P/c20-16-11(6-23)13(24-9-1-3-19(21,22)5-9)10-2-4-26(17(10)25-16)18-15(28)14(27)12(33-18)7-32-8-34(29,30)31/h2,4,9,12,14-15,18,27-28H,1,3,5,7-8H2,(H,24,25)(H2,29,30,31)/t9-,12+,14+,15+,18+/m0/s1. The predicted octanol–water partition coefficient (Wildman–Crippen LogP) is 1.93. The first-order chi connectivity index (χ1) is 15.9. The Balaban J connectivity index is 1.62. The number of aromatic nitrogens is 2. The van der Waals surface area contributed by atoms with E-state index in [1.807, 2.05) is 6.07 Å². The van der Waals surface area contributed by atoms with Gasteiger partial charge in [0.1, 0.15) is 41.9 Å². The molecule has 5 atom stereocenters. The van der Waals surface area contributed by atoms with E-state index >= 15 is 0 Å². The average molecular weight is 523 g/mol. The van der Waals surface area contributed by atoms with Crippen LogP contribution in [0.5, 0.6) is 0 Å². The molecule has 1 saturated heterocycles. The molecule has 0 unspecified atom stereocenters. The number of nitrogens with one attached hydrogen (secondary N) is 1. The smallest absolute Gasteiger partial charge is 0.350 e. The molecular formula is C19H22ClF2N4O7P. The first-order valence-corrected chi connectivity index (χ1v) is 12.5. The van der Waals surface area contributed by atoms with E-state index in [2.05, 4.69) is 10.3 Å². The number of anilines is 1. The van der Waals surface area contributed by atoms with Gasteiger partial charge in [0.05, 0.1) is 12.3 Å². The van der Waals surface area contributed by atoms with Gasteiger partial charge >= 0.3 is 7.60 Å². The number of halogens is 3.